The summed E-state index contributed by atoms with van der Waals surface area (Å²) in [6, 6.07) is 4.60. The van der Waals surface area contributed by atoms with Crippen molar-refractivity contribution >= 4 is 6.03 Å². The molecule has 1 saturated carbocycles. The second-order valence-electron chi connectivity index (χ2n) is 7.99. The zero-order valence-corrected chi connectivity index (χ0v) is 15.0. The molecule has 1 aromatic heterocycles. The normalized spacial score (nSPS) is 30.4. The number of rotatable bonds is 3. The third-order valence-corrected chi connectivity index (χ3v) is 5.84. The van der Waals surface area contributed by atoms with E-state index in [0.29, 0.717) is 25.1 Å². The van der Waals surface area contributed by atoms with Crippen LogP contribution in [0.4, 0.5) is 4.79 Å². The van der Waals surface area contributed by atoms with Crippen LogP contribution in [0.3, 0.4) is 0 Å². The van der Waals surface area contributed by atoms with Gasteiger partial charge in [-0.25, -0.2) is 4.79 Å². The van der Waals surface area contributed by atoms with Crippen molar-refractivity contribution in [3.8, 4) is 0 Å². The van der Waals surface area contributed by atoms with Crippen LogP contribution in [0.25, 0.3) is 0 Å². The van der Waals surface area contributed by atoms with Gasteiger partial charge < -0.3 is 15.0 Å². The molecule has 1 spiro atoms. The Kier molecular flexibility index (Phi) is 4.65. The standard InChI is InChI=1S/C19H28N4O2/c1-15-10-22(11-16-3-2-6-20-9-16)12-19(15)13-23(7-8-25-14-19)18(24)21-17-4-5-17/h2-3,6,9,15,17H,4-5,7-8,10-14H2,1H3,(H,21,24)/t15-,19+/m1/s1. The molecule has 136 valence electrons. The van der Waals surface area contributed by atoms with E-state index in [4.69, 9.17) is 4.74 Å². The lowest BCUT2D eigenvalue weighted by atomic mass is 9.79. The molecule has 2 atom stereocenters. The zero-order valence-electron chi connectivity index (χ0n) is 15.0. The highest BCUT2D eigenvalue weighted by Gasteiger charge is 2.47. The molecule has 2 amide bonds. The Balaban J connectivity index is 1.44. The highest BCUT2D eigenvalue weighted by atomic mass is 16.5. The fourth-order valence-electron chi connectivity index (χ4n) is 4.13. The lowest BCUT2D eigenvalue weighted by molar-refractivity contribution is 0.0517. The number of ether oxygens (including phenoxy) is 1. The van der Waals surface area contributed by atoms with Crippen molar-refractivity contribution in [2.45, 2.75) is 32.4 Å². The van der Waals surface area contributed by atoms with Crippen molar-refractivity contribution in [1.82, 2.24) is 20.1 Å². The quantitative estimate of drug-likeness (QED) is 0.907. The van der Waals surface area contributed by atoms with Gasteiger partial charge in [0.25, 0.3) is 0 Å². The number of hydrogen-bond donors (Lipinski definition) is 1. The van der Waals surface area contributed by atoms with Gasteiger partial charge in [0.2, 0.25) is 0 Å². The third kappa shape index (κ3) is 3.80. The fourth-order valence-corrected chi connectivity index (χ4v) is 4.13. The fraction of sp³-hybridized carbons (Fsp3) is 0.684. The van der Waals surface area contributed by atoms with Gasteiger partial charge in [0.1, 0.15) is 0 Å². The van der Waals surface area contributed by atoms with E-state index in [1.807, 2.05) is 23.4 Å². The van der Waals surface area contributed by atoms with Crippen molar-refractivity contribution in [1.29, 1.82) is 0 Å². The number of nitrogens with zero attached hydrogens (tertiary/aromatic N) is 3. The molecule has 0 unspecified atom stereocenters. The van der Waals surface area contributed by atoms with Crippen LogP contribution in [0.15, 0.2) is 24.5 Å². The molecule has 3 fully saturated rings. The van der Waals surface area contributed by atoms with Gasteiger partial charge in [-0.2, -0.15) is 0 Å². The number of likely N-dealkylation sites (tertiary alicyclic amines) is 1. The highest BCUT2D eigenvalue weighted by molar-refractivity contribution is 5.75. The summed E-state index contributed by atoms with van der Waals surface area (Å²) in [4.78, 5) is 21.2. The van der Waals surface area contributed by atoms with Crippen LogP contribution in [0, 0.1) is 11.3 Å². The average Bonchev–Trinajstić information content (AvgIpc) is 3.38. The van der Waals surface area contributed by atoms with Crippen molar-refractivity contribution < 1.29 is 9.53 Å². The number of pyridine rings is 1. The lowest BCUT2D eigenvalue weighted by Gasteiger charge is -2.35. The monoisotopic (exact) mass is 344 g/mol. The summed E-state index contributed by atoms with van der Waals surface area (Å²) >= 11 is 0. The van der Waals surface area contributed by atoms with Crippen LogP contribution in [-0.2, 0) is 11.3 Å². The van der Waals surface area contributed by atoms with Crippen molar-refractivity contribution in [2.24, 2.45) is 11.3 Å². The highest BCUT2D eigenvalue weighted by Crippen LogP contribution is 2.39. The Hall–Kier alpha value is -1.66. The molecule has 1 N–H and O–H groups in total. The summed E-state index contributed by atoms with van der Waals surface area (Å²) in [7, 11) is 0. The van der Waals surface area contributed by atoms with Crippen LogP contribution in [0.1, 0.15) is 25.3 Å². The predicted molar refractivity (Wildman–Crippen MR) is 95.1 cm³/mol. The largest absolute Gasteiger partial charge is 0.379 e. The SMILES string of the molecule is C[C@@H]1CN(Cc2cccnc2)C[C@]12COCCN(C(=O)NC1CC1)C2. The number of amides is 2. The first kappa shape index (κ1) is 16.8. The minimum atomic E-state index is 0.0274. The van der Waals surface area contributed by atoms with Crippen LogP contribution < -0.4 is 5.32 Å². The molecule has 3 aliphatic rings. The van der Waals surface area contributed by atoms with Crippen molar-refractivity contribution in [3.05, 3.63) is 30.1 Å². The summed E-state index contributed by atoms with van der Waals surface area (Å²) in [5.74, 6) is 0.499. The minimum Gasteiger partial charge on any atom is -0.379 e. The molecule has 0 radical (unpaired) electrons. The molecule has 0 bridgehead atoms. The molecule has 1 aromatic rings. The number of hydrogen-bond acceptors (Lipinski definition) is 4. The summed E-state index contributed by atoms with van der Waals surface area (Å²) < 4.78 is 5.94. The molecule has 25 heavy (non-hydrogen) atoms. The van der Waals surface area contributed by atoms with Crippen LogP contribution >= 0.6 is 0 Å². The zero-order chi connectivity index (χ0) is 17.3. The number of carbonyl (C=O) groups excluding carboxylic acids is 1. The molecule has 1 aliphatic carbocycles. The molecule has 6 heteroatoms. The molecule has 6 nitrogen and oxygen atoms in total. The summed E-state index contributed by atoms with van der Waals surface area (Å²) in [5, 5.41) is 3.13. The summed E-state index contributed by atoms with van der Waals surface area (Å²) in [6.07, 6.45) is 5.99. The van der Waals surface area contributed by atoms with Crippen LogP contribution in [0.5, 0.6) is 0 Å². The Bertz CT molecular complexity index is 607. The molecular weight excluding hydrogens is 316 g/mol. The van der Waals surface area contributed by atoms with Crippen molar-refractivity contribution in [2.75, 3.05) is 39.4 Å². The number of nitrogens with one attached hydrogen (secondary N) is 1. The maximum absolute atomic E-state index is 12.6. The average molecular weight is 344 g/mol. The number of urea groups is 1. The van der Waals surface area contributed by atoms with Crippen LogP contribution in [-0.4, -0.2) is 66.2 Å². The topological polar surface area (TPSA) is 57.7 Å². The van der Waals surface area contributed by atoms with Crippen molar-refractivity contribution in [3.63, 3.8) is 0 Å². The van der Waals surface area contributed by atoms with Gasteiger partial charge in [-0.15, -0.1) is 0 Å². The first-order valence-electron chi connectivity index (χ1n) is 9.39. The summed E-state index contributed by atoms with van der Waals surface area (Å²) in [5.41, 5.74) is 1.27. The molecular formula is C19H28N4O2. The van der Waals surface area contributed by atoms with Gasteiger partial charge in [-0.05, 0) is 30.4 Å². The van der Waals surface area contributed by atoms with E-state index < -0.39 is 0 Å². The molecule has 4 rings (SSSR count). The Labute approximate surface area is 149 Å². The Morgan fingerprint density at radius 1 is 1.44 bits per heavy atom. The predicted octanol–water partition coefficient (Wildman–Crippen LogP) is 1.72. The first-order chi connectivity index (χ1) is 12.1. The maximum atomic E-state index is 12.6. The van der Waals surface area contributed by atoms with E-state index in [-0.39, 0.29) is 11.4 Å². The smallest absolute Gasteiger partial charge is 0.317 e. The Morgan fingerprint density at radius 2 is 2.32 bits per heavy atom. The van der Waals surface area contributed by atoms with Gasteiger partial charge in [-0.3, -0.25) is 9.88 Å². The van der Waals surface area contributed by atoms with Gasteiger partial charge in [-0.1, -0.05) is 13.0 Å². The third-order valence-electron chi connectivity index (χ3n) is 5.84. The van der Waals surface area contributed by atoms with E-state index in [9.17, 15) is 4.79 Å². The number of carbonyl (C=O) groups is 1. The maximum Gasteiger partial charge on any atom is 0.317 e. The van der Waals surface area contributed by atoms with E-state index in [2.05, 4.69) is 28.2 Å². The van der Waals surface area contributed by atoms with Gasteiger partial charge in [0, 0.05) is 56.6 Å². The molecule has 0 aromatic carbocycles. The minimum absolute atomic E-state index is 0.0274. The first-order valence-corrected chi connectivity index (χ1v) is 9.39. The number of aromatic nitrogens is 1. The molecule has 2 aliphatic heterocycles. The second kappa shape index (κ2) is 6.92. The second-order valence-corrected chi connectivity index (χ2v) is 7.99. The Morgan fingerprint density at radius 3 is 3.08 bits per heavy atom. The molecule has 3 heterocycles. The lowest BCUT2D eigenvalue weighted by Crippen LogP contribution is -2.49. The van der Waals surface area contributed by atoms with Gasteiger partial charge >= 0.3 is 6.03 Å². The van der Waals surface area contributed by atoms with Gasteiger partial charge in [0.15, 0.2) is 0 Å². The molecule has 2 saturated heterocycles. The summed E-state index contributed by atoms with van der Waals surface area (Å²) in [6.45, 7) is 8.07. The van der Waals surface area contributed by atoms with E-state index in [0.717, 1.165) is 45.6 Å². The van der Waals surface area contributed by atoms with E-state index in [1.54, 1.807) is 0 Å². The van der Waals surface area contributed by atoms with Gasteiger partial charge in [0.05, 0.1) is 13.2 Å². The van der Waals surface area contributed by atoms with E-state index in [1.165, 1.54) is 5.56 Å². The van der Waals surface area contributed by atoms with Crippen LogP contribution in [0.2, 0.25) is 0 Å². The van der Waals surface area contributed by atoms with E-state index >= 15 is 0 Å².